The molecule has 1 amide bonds. The number of hydrogen-bond acceptors (Lipinski definition) is 5. The molecule has 0 spiro atoms. The molecule has 1 saturated heterocycles. The third kappa shape index (κ3) is 4.22. The number of amides is 1. The predicted molar refractivity (Wildman–Crippen MR) is 110 cm³/mol. The largest absolute Gasteiger partial charge is 0.495 e. The second-order valence-electron chi connectivity index (χ2n) is 6.40. The van der Waals surface area contributed by atoms with Crippen molar-refractivity contribution in [1.29, 1.82) is 0 Å². The van der Waals surface area contributed by atoms with Gasteiger partial charge in [0.1, 0.15) is 5.75 Å². The van der Waals surface area contributed by atoms with Gasteiger partial charge in [-0.1, -0.05) is 24.3 Å². The maximum absolute atomic E-state index is 12.6. The van der Waals surface area contributed by atoms with Gasteiger partial charge < -0.3 is 24.0 Å². The van der Waals surface area contributed by atoms with Crippen LogP contribution in [0.2, 0.25) is 0 Å². The zero-order valence-corrected chi connectivity index (χ0v) is 16.6. The highest BCUT2D eigenvalue weighted by Gasteiger charge is 2.21. The van der Waals surface area contributed by atoms with Gasteiger partial charge in [0.15, 0.2) is 11.5 Å². The molecule has 0 saturated carbocycles. The minimum Gasteiger partial charge on any atom is -0.495 e. The van der Waals surface area contributed by atoms with Crippen LogP contribution in [0.4, 0.5) is 5.69 Å². The van der Waals surface area contributed by atoms with Crippen molar-refractivity contribution < 1.29 is 19.0 Å². The van der Waals surface area contributed by atoms with E-state index >= 15 is 0 Å². The Labute approximate surface area is 165 Å². The molecule has 28 heavy (non-hydrogen) atoms. The maximum atomic E-state index is 12.6. The minimum absolute atomic E-state index is 0.00968. The predicted octanol–water partition coefficient (Wildman–Crippen LogP) is 3.07. The lowest BCUT2D eigenvalue weighted by atomic mass is 10.1. The SMILES string of the molecule is COc1ccccc1N1CCN(C(=O)/C=C/c2cccc(OC)c2OC)CC1. The quantitative estimate of drug-likeness (QED) is 0.719. The molecule has 0 aromatic heterocycles. The maximum Gasteiger partial charge on any atom is 0.246 e. The Hall–Kier alpha value is -3.15. The van der Waals surface area contributed by atoms with E-state index in [1.807, 2.05) is 47.4 Å². The molecule has 0 aliphatic carbocycles. The summed E-state index contributed by atoms with van der Waals surface area (Å²) in [6.45, 7) is 2.86. The molecule has 0 unspecified atom stereocenters. The first-order chi connectivity index (χ1) is 13.7. The third-order valence-electron chi connectivity index (χ3n) is 4.86. The number of ether oxygens (including phenoxy) is 3. The summed E-state index contributed by atoms with van der Waals surface area (Å²) in [5.74, 6) is 2.11. The van der Waals surface area contributed by atoms with Gasteiger partial charge in [0.2, 0.25) is 5.91 Å². The van der Waals surface area contributed by atoms with Gasteiger partial charge in [-0.3, -0.25) is 4.79 Å². The molecule has 1 aliphatic rings. The van der Waals surface area contributed by atoms with Crippen molar-refractivity contribution in [1.82, 2.24) is 4.90 Å². The summed E-state index contributed by atoms with van der Waals surface area (Å²) in [6, 6.07) is 13.6. The average Bonchev–Trinajstić information content (AvgIpc) is 2.77. The molecule has 0 atom stereocenters. The Kier molecular flexibility index (Phi) is 6.42. The van der Waals surface area contributed by atoms with E-state index < -0.39 is 0 Å². The summed E-state index contributed by atoms with van der Waals surface area (Å²) < 4.78 is 16.2. The molecular weight excluding hydrogens is 356 g/mol. The molecule has 0 radical (unpaired) electrons. The lowest BCUT2D eigenvalue weighted by molar-refractivity contribution is -0.126. The molecule has 1 heterocycles. The summed E-state index contributed by atoms with van der Waals surface area (Å²) in [4.78, 5) is 16.7. The van der Waals surface area contributed by atoms with Crippen molar-refractivity contribution in [2.45, 2.75) is 0 Å². The molecule has 0 N–H and O–H groups in total. The number of rotatable bonds is 6. The Morgan fingerprint density at radius 1 is 0.857 bits per heavy atom. The van der Waals surface area contributed by atoms with Crippen molar-refractivity contribution in [3.05, 3.63) is 54.1 Å². The number of hydrogen-bond donors (Lipinski definition) is 0. The fourth-order valence-electron chi connectivity index (χ4n) is 3.37. The van der Waals surface area contributed by atoms with Crippen LogP contribution in [0.1, 0.15) is 5.56 Å². The molecule has 3 rings (SSSR count). The van der Waals surface area contributed by atoms with E-state index in [0.717, 1.165) is 30.1 Å². The average molecular weight is 382 g/mol. The number of nitrogens with zero attached hydrogens (tertiary/aromatic N) is 2. The van der Waals surface area contributed by atoms with Gasteiger partial charge in [0.05, 0.1) is 27.0 Å². The van der Waals surface area contributed by atoms with Crippen molar-refractivity contribution in [3.63, 3.8) is 0 Å². The number of carbonyl (C=O) groups is 1. The Bertz CT molecular complexity index is 842. The van der Waals surface area contributed by atoms with Gasteiger partial charge in [-0.05, 0) is 24.3 Å². The molecule has 6 nitrogen and oxygen atoms in total. The number of piperazine rings is 1. The minimum atomic E-state index is -0.00968. The summed E-state index contributed by atoms with van der Waals surface area (Å²) in [6.07, 6.45) is 3.37. The van der Waals surface area contributed by atoms with E-state index in [4.69, 9.17) is 14.2 Å². The van der Waals surface area contributed by atoms with Crippen LogP contribution in [-0.2, 0) is 4.79 Å². The Morgan fingerprint density at radius 3 is 2.21 bits per heavy atom. The zero-order valence-electron chi connectivity index (χ0n) is 16.6. The van der Waals surface area contributed by atoms with E-state index in [1.54, 1.807) is 33.5 Å². The van der Waals surface area contributed by atoms with E-state index in [2.05, 4.69) is 4.90 Å². The first-order valence-corrected chi connectivity index (χ1v) is 9.24. The molecule has 1 fully saturated rings. The number of para-hydroxylation sites is 3. The van der Waals surface area contributed by atoms with Gasteiger partial charge in [-0.25, -0.2) is 0 Å². The topological polar surface area (TPSA) is 51.2 Å². The van der Waals surface area contributed by atoms with Crippen LogP contribution in [0, 0.1) is 0 Å². The molecule has 2 aromatic carbocycles. The summed E-state index contributed by atoms with van der Waals surface area (Å²) in [5, 5.41) is 0. The number of benzene rings is 2. The van der Waals surface area contributed by atoms with Crippen LogP contribution in [0.5, 0.6) is 17.2 Å². The highest BCUT2D eigenvalue weighted by molar-refractivity contribution is 5.92. The molecule has 2 aromatic rings. The zero-order chi connectivity index (χ0) is 19.9. The Balaban J connectivity index is 1.64. The highest BCUT2D eigenvalue weighted by Crippen LogP contribution is 2.31. The summed E-state index contributed by atoms with van der Waals surface area (Å²) >= 11 is 0. The van der Waals surface area contributed by atoms with Crippen LogP contribution in [0.3, 0.4) is 0 Å². The van der Waals surface area contributed by atoms with Crippen molar-refractivity contribution in [2.24, 2.45) is 0 Å². The molecule has 0 bridgehead atoms. The smallest absolute Gasteiger partial charge is 0.246 e. The number of anilines is 1. The summed E-state index contributed by atoms with van der Waals surface area (Å²) in [5.41, 5.74) is 1.87. The van der Waals surface area contributed by atoms with E-state index in [-0.39, 0.29) is 5.91 Å². The van der Waals surface area contributed by atoms with Crippen molar-refractivity contribution >= 4 is 17.7 Å². The van der Waals surface area contributed by atoms with E-state index in [9.17, 15) is 4.79 Å². The second kappa shape index (κ2) is 9.17. The van der Waals surface area contributed by atoms with Crippen LogP contribution < -0.4 is 19.1 Å². The summed E-state index contributed by atoms with van der Waals surface area (Å²) in [7, 11) is 4.86. The van der Waals surface area contributed by atoms with Gasteiger partial charge in [-0.15, -0.1) is 0 Å². The fraction of sp³-hybridized carbons (Fsp3) is 0.318. The highest BCUT2D eigenvalue weighted by atomic mass is 16.5. The lowest BCUT2D eigenvalue weighted by Crippen LogP contribution is -2.48. The van der Waals surface area contributed by atoms with Gasteiger partial charge in [0.25, 0.3) is 0 Å². The van der Waals surface area contributed by atoms with Crippen molar-refractivity contribution in [3.8, 4) is 17.2 Å². The normalized spacial score (nSPS) is 14.2. The van der Waals surface area contributed by atoms with Gasteiger partial charge in [-0.2, -0.15) is 0 Å². The molecule has 148 valence electrons. The number of carbonyl (C=O) groups excluding carboxylic acids is 1. The first-order valence-electron chi connectivity index (χ1n) is 9.24. The standard InChI is InChI=1S/C22H26N2O4/c1-26-19-9-5-4-8-18(19)23-13-15-24(16-14-23)21(25)12-11-17-7-6-10-20(27-2)22(17)28-3/h4-12H,13-16H2,1-3H3/b12-11+. The number of methoxy groups -OCH3 is 3. The Morgan fingerprint density at radius 2 is 1.54 bits per heavy atom. The first kappa shape index (κ1) is 19.6. The van der Waals surface area contributed by atoms with E-state index in [1.165, 1.54) is 0 Å². The van der Waals surface area contributed by atoms with Crippen LogP contribution in [0.15, 0.2) is 48.5 Å². The second-order valence-corrected chi connectivity index (χ2v) is 6.40. The van der Waals surface area contributed by atoms with E-state index in [0.29, 0.717) is 24.6 Å². The van der Waals surface area contributed by atoms with Crippen LogP contribution in [0.25, 0.3) is 6.08 Å². The fourth-order valence-corrected chi connectivity index (χ4v) is 3.37. The monoisotopic (exact) mass is 382 g/mol. The van der Waals surface area contributed by atoms with Crippen LogP contribution >= 0.6 is 0 Å². The van der Waals surface area contributed by atoms with Gasteiger partial charge >= 0.3 is 0 Å². The molecule has 1 aliphatic heterocycles. The van der Waals surface area contributed by atoms with Gasteiger partial charge in [0, 0.05) is 37.8 Å². The van der Waals surface area contributed by atoms with Crippen LogP contribution in [-0.4, -0.2) is 58.3 Å². The third-order valence-corrected chi connectivity index (χ3v) is 4.86. The molecule has 6 heteroatoms. The molecular formula is C22H26N2O4. The van der Waals surface area contributed by atoms with Crippen molar-refractivity contribution in [2.75, 3.05) is 52.4 Å². The lowest BCUT2D eigenvalue weighted by Gasteiger charge is -2.36.